The van der Waals surface area contributed by atoms with Gasteiger partial charge < -0.3 is 5.32 Å². The van der Waals surface area contributed by atoms with Crippen molar-refractivity contribution in [1.29, 1.82) is 0 Å². The highest BCUT2D eigenvalue weighted by atomic mass is 19.1. The Bertz CT molecular complexity index is 351. The van der Waals surface area contributed by atoms with Crippen LogP contribution in [-0.4, -0.2) is 13.6 Å². The minimum Gasteiger partial charge on any atom is -0.319 e. The van der Waals surface area contributed by atoms with E-state index in [2.05, 4.69) is 12.2 Å². The third kappa shape index (κ3) is 7.64. The van der Waals surface area contributed by atoms with Crippen molar-refractivity contribution in [3.8, 4) is 0 Å². The van der Waals surface area contributed by atoms with E-state index in [0.717, 1.165) is 18.5 Å². The molecule has 1 unspecified atom stereocenters. The molecule has 0 fully saturated rings. The summed E-state index contributed by atoms with van der Waals surface area (Å²) in [5.74, 6) is 0.498. The van der Waals surface area contributed by atoms with Crippen LogP contribution < -0.4 is 5.32 Å². The molecule has 0 heterocycles. The van der Waals surface area contributed by atoms with E-state index >= 15 is 0 Å². The Hall–Kier alpha value is -0.890. The molecular weight excluding hydrogens is 249 g/mol. The first-order valence-corrected chi connectivity index (χ1v) is 8.15. The van der Waals surface area contributed by atoms with E-state index in [0.29, 0.717) is 5.92 Å². The lowest BCUT2D eigenvalue weighted by molar-refractivity contribution is 0.432. The summed E-state index contributed by atoms with van der Waals surface area (Å²) in [6.07, 6.45) is 10.3. The van der Waals surface area contributed by atoms with Gasteiger partial charge in [0.15, 0.2) is 0 Å². The predicted molar refractivity (Wildman–Crippen MR) is 85.5 cm³/mol. The summed E-state index contributed by atoms with van der Waals surface area (Å²) in [6.45, 7) is 3.27. The van der Waals surface area contributed by atoms with Crippen LogP contribution in [-0.2, 0) is 6.42 Å². The molecule has 0 saturated heterocycles. The Balaban J connectivity index is 2.29. The SMILES string of the molecule is CCCCCCCCC(CNC)Cc1cccc(F)c1. The lowest BCUT2D eigenvalue weighted by atomic mass is 9.93. The maximum absolute atomic E-state index is 13.2. The molecule has 0 aliphatic rings. The van der Waals surface area contributed by atoms with Crippen molar-refractivity contribution in [2.75, 3.05) is 13.6 Å². The smallest absolute Gasteiger partial charge is 0.123 e. The standard InChI is InChI=1S/C18H30FN/c1-3-4-5-6-7-8-10-17(15-20-2)13-16-11-9-12-18(19)14-16/h9,11-12,14,17,20H,3-8,10,13,15H2,1-2H3. The van der Waals surface area contributed by atoms with Gasteiger partial charge in [0, 0.05) is 0 Å². The van der Waals surface area contributed by atoms with E-state index in [-0.39, 0.29) is 5.82 Å². The lowest BCUT2D eigenvalue weighted by Crippen LogP contribution is -2.20. The van der Waals surface area contributed by atoms with Crippen LogP contribution in [0.2, 0.25) is 0 Å². The van der Waals surface area contributed by atoms with Gasteiger partial charge in [-0.25, -0.2) is 4.39 Å². The summed E-state index contributed by atoms with van der Waals surface area (Å²) in [7, 11) is 2.00. The molecule has 0 aliphatic carbocycles. The zero-order chi connectivity index (χ0) is 14.6. The van der Waals surface area contributed by atoms with Crippen LogP contribution in [0.3, 0.4) is 0 Å². The molecular formula is C18H30FN. The van der Waals surface area contributed by atoms with Gasteiger partial charge in [-0.15, -0.1) is 0 Å². The molecule has 1 atom stereocenters. The van der Waals surface area contributed by atoms with E-state index in [1.165, 1.54) is 51.0 Å². The second-order valence-corrected chi connectivity index (χ2v) is 5.81. The van der Waals surface area contributed by atoms with Gasteiger partial charge in [0.25, 0.3) is 0 Å². The molecule has 0 bridgehead atoms. The molecule has 1 nitrogen and oxygen atoms in total. The third-order valence-electron chi connectivity index (χ3n) is 3.87. The minimum absolute atomic E-state index is 0.120. The quantitative estimate of drug-likeness (QED) is 0.565. The highest BCUT2D eigenvalue weighted by Crippen LogP contribution is 2.17. The van der Waals surface area contributed by atoms with Gasteiger partial charge in [-0.1, -0.05) is 57.6 Å². The molecule has 0 saturated carbocycles. The summed E-state index contributed by atoms with van der Waals surface area (Å²) in [5.41, 5.74) is 1.12. The number of benzene rings is 1. The van der Waals surface area contributed by atoms with E-state index < -0.39 is 0 Å². The van der Waals surface area contributed by atoms with Crippen LogP contribution in [0.1, 0.15) is 57.4 Å². The zero-order valence-corrected chi connectivity index (χ0v) is 13.1. The van der Waals surface area contributed by atoms with E-state index in [4.69, 9.17) is 0 Å². The summed E-state index contributed by atoms with van der Waals surface area (Å²) in [5, 5.41) is 3.27. The van der Waals surface area contributed by atoms with Gasteiger partial charge in [0.1, 0.15) is 5.82 Å². The van der Waals surface area contributed by atoms with Crippen LogP contribution in [0.25, 0.3) is 0 Å². The molecule has 1 aromatic carbocycles. The Morgan fingerprint density at radius 2 is 1.85 bits per heavy atom. The second kappa shape index (κ2) is 10.8. The largest absolute Gasteiger partial charge is 0.319 e. The van der Waals surface area contributed by atoms with Crippen molar-refractivity contribution >= 4 is 0 Å². The Morgan fingerprint density at radius 1 is 1.10 bits per heavy atom. The number of unbranched alkanes of at least 4 members (excludes halogenated alkanes) is 5. The average Bonchev–Trinajstić information content (AvgIpc) is 2.43. The molecule has 0 radical (unpaired) electrons. The first-order chi connectivity index (χ1) is 9.76. The molecule has 1 rings (SSSR count). The van der Waals surface area contributed by atoms with Crippen molar-refractivity contribution in [2.45, 2.75) is 58.3 Å². The maximum atomic E-state index is 13.2. The van der Waals surface area contributed by atoms with Crippen molar-refractivity contribution in [3.63, 3.8) is 0 Å². The third-order valence-corrected chi connectivity index (χ3v) is 3.87. The van der Waals surface area contributed by atoms with Crippen molar-refractivity contribution in [2.24, 2.45) is 5.92 Å². The minimum atomic E-state index is -0.120. The van der Waals surface area contributed by atoms with E-state index in [9.17, 15) is 4.39 Å². The number of hydrogen-bond acceptors (Lipinski definition) is 1. The first-order valence-electron chi connectivity index (χ1n) is 8.15. The van der Waals surface area contributed by atoms with E-state index in [1.54, 1.807) is 6.07 Å². The molecule has 1 N–H and O–H groups in total. The van der Waals surface area contributed by atoms with Crippen LogP contribution in [0.4, 0.5) is 4.39 Å². The number of nitrogens with one attached hydrogen (secondary N) is 1. The van der Waals surface area contributed by atoms with Crippen LogP contribution in [0, 0.1) is 11.7 Å². The molecule has 20 heavy (non-hydrogen) atoms. The fourth-order valence-electron chi connectivity index (χ4n) is 2.78. The monoisotopic (exact) mass is 279 g/mol. The average molecular weight is 279 g/mol. The Morgan fingerprint density at radius 3 is 2.55 bits per heavy atom. The van der Waals surface area contributed by atoms with Gasteiger partial charge in [-0.05, 0) is 50.0 Å². The molecule has 0 spiro atoms. The Kier molecular flexibility index (Phi) is 9.31. The van der Waals surface area contributed by atoms with Crippen LogP contribution in [0.5, 0.6) is 0 Å². The summed E-state index contributed by atoms with van der Waals surface area (Å²) < 4.78 is 13.2. The second-order valence-electron chi connectivity index (χ2n) is 5.81. The normalized spacial score (nSPS) is 12.6. The van der Waals surface area contributed by atoms with Gasteiger partial charge in [0.2, 0.25) is 0 Å². The molecule has 0 aromatic heterocycles. The Labute approximate surface area is 124 Å². The van der Waals surface area contributed by atoms with Crippen LogP contribution in [0.15, 0.2) is 24.3 Å². The van der Waals surface area contributed by atoms with Crippen molar-refractivity contribution < 1.29 is 4.39 Å². The molecule has 0 amide bonds. The fraction of sp³-hybridized carbons (Fsp3) is 0.667. The highest BCUT2D eigenvalue weighted by Gasteiger charge is 2.09. The summed E-state index contributed by atoms with van der Waals surface area (Å²) in [4.78, 5) is 0. The molecule has 0 aliphatic heterocycles. The van der Waals surface area contributed by atoms with Gasteiger partial charge in [-0.2, -0.15) is 0 Å². The van der Waals surface area contributed by atoms with Crippen LogP contribution >= 0.6 is 0 Å². The molecule has 114 valence electrons. The number of hydrogen-bond donors (Lipinski definition) is 1. The first kappa shape index (κ1) is 17.2. The number of halogens is 1. The van der Waals surface area contributed by atoms with Crippen molar-refractivity contribution in [3.05, 3.63) is 35.6 Å². The predicted octanol–water partition coefficient (Wildman–Crippen LogP) is 4.95. The lowest BCUT2D eigenvalue weighted by Gasteiger charge is -2.16. The summed E-state index contributed by atoms with van der Waals surface area (Å²) in [6, 6.07) is 7.03. The molecule has 1 aromatic rings. The van der Waals surface area contributed by atoms with E-state index in [1.807, 2.05) is 19.2 Å². The topological polar surface area (TPSA) is 12.0 Å². The molecule has 2 heteroatoms. The van der Waals surface area contributed by atoms with Crippen molar-refractivity contribution in [1.82, 2.24) is 5.32 Å². The fourth-order valence-corrected chi connectivity index (χ4v) is 2.78. The highest BCUT2D eigenvalue weighted by molar-refractivity contribution is 5.16. The van der Waals surface area contributed by atoms with Gasteiger partial charge >= 0.3 is 0 Å². The zero-order valence-electron chi connectivity index (χ0n) is 13.1. The van der Waals surface area contributed by atoms with Gasteiger partial charge in [0.05, 0.1) is 0 Å². The van der Waals surface area contributed by atoms with Gasteiger partial charge in [-0.3, -0.25) is 0 Å². The maximum Gasteiger partial charge on any atom is 0.123 e. The number of rotatable bonds is 11. The summed E-state index contributed by atoms with van der Waals surface area (Å²) >= 11 is 0.